The number of amides is 1. The van der Waals surface area contributed by atoms with Gasteiger partial charge in [0.1, 0.15) is 11.4 Å². The molecule has 2 rings (SSSR count). The molecule has 0 bridgehead atoms. The number of nitrogens with one attached hydrogen (secondary N) is 1. The van der Waals surface area contributed by atoms with Crippen molar-refractivity contribution >= 4 is 17.6 Å². The van der Waals surface area contributed by atoms with Crippen LogP contribution in [-0.2, 0) is 4.74 Å². The molecule has 0 aromatic carbocycles. The van der Waals surface area contributed by atoms with Gasteiger partial charge in [0.2, 0.25) is 0 Å². The maximum Gasteiger partial charge on any atom is 0.410 e. The first-order valence-electron chi connectivity index (χ1n) is 7.71. The molecule has 0 aliphatic carbocycles. The number of likely N-dealkylation sites (tertiary alicyclic amines) is 1. The van der Waals surface area contributed by atoms with E-state index in [-0.39, 0.29) is 12.1 Å². The number of nitrogens with zero attached hydrogens (tertiary/aromatic N) is 2. The van der Waals surface area contributed by atoms with Crippen molar-refractivity contribution in [3.05, 3.63) is 17.8 Å². The number of anilines is 2. The molecule has 122 valence electrons. The number of hydrogen-bond donors (Lipinski definition) is 2. The molecule has 2 heterocycles. The Bertz CT molecular complexity index is 531. The van der Waals surface area contributed by atoms with Gasteiger partial charge in [-0.1, -0.05) is 0 Å². The molecule has 0 unspecified atom stereocenters. The van der Waals surface area contributed by atoms with Crippen LogP contribution in [0.5, 0.6) is 0 Å². The highest BCUT2D eigenvalue weighted by Crippen LogP contribution is 2.21. The second-order valence-corrected chi connectivity index (χ2v) is 6.84. The number of pyridine rings is 1. The van der Waals surface area contributed by atoms with Crippen molar-refractivity contribution in [1.29, 1.82) is 0 Å². The Balaban J connectivity index is 1.86. The van der Waals surface area contributed by atoms with Gasteiger partial charge in [-0.15, -0.1) is 0 Å². The Morgan fingerprint density at radius 3 is 2.59 bits per heavy atom. The van der Waals surface area contributed by atoms with Gasteiger partial charge in [0.25, 0.3) is 0 Å². The zero-order chi connectivity index (χ0) is 16.3. The fourth-order valence-electron chi connectivity index (χ4n) is 2.44. The number of nitrogens with two attached hydrogens (primary N) is 1. The minimum absolute atomic E-state index is 0.237. The fourth-order valence-corrected chi connectivity index (χ4v) is 2.44. The van der Waals surface area contributed by atoms with Gasteiger partial charge in [-0.25, -0.2) is 9.78 Å². The summed E-state index contributed by atoms with van der Waals surface area (Å²) >= 11 is 0. The highest BCUT2D eigenvalue weighted by atomic mass is 16.6. The minimum Gasteiger partial charge on any atom is -0.444 e. The molecular weight excluding hydrogens is 280 g/mol. The Morgan fingerprint density at radius 2 is 2.05 bits per heavy atom. The normalized spacial score (nSPS) is 16.5. The van der Waals surface area contributed by atoms with E-state index in [4.69, 9.17) is 10.5 Å². The average Bonchev–Trinajstić information content (AvgIpc) is 2.41. The number of piperidine rings is 1. The molecule has 3 N–H and O–H groups in total. The summed E-state index contributed by atoms with van der Waals surface area (Å²) in [6.07, 6.45) is 3.27. The Morgan fingerprint density at radius 1 is 1.41 bits per heavy atom. The number of hydrogen-bond acceptors (Lipinski definition) is 5. The van der Waals surface area contributed by atoms with Gasteiger partial charge in [-0.2, -0.15) is 0 Å². The second kappa shape index (κ2) is 6.42. The summed E-state index contributed by atoms with van der Waals surface area (Å²) in [5, 5.41) is 3.37. The van der Waals surface area contributed by atoms with E-state index in [1.54, 1.807) is 11.1 Å². The zero-order valence-corrected chi connectivity index (χ0v) is 13.8. The van der Waals surface area contributed by atoms with Gasteiger partial charge in [0.05, 0.1) is 5.69 Å². The van der Waals surface area contributed by atoms with Gasteiger partial charge in [0, 0.05) is 25.3 Å². The van der Waals surface area contributed by atoms with E-state index < -0.39 is 5.60 Å². The Kier molecular flexibility index (Phi) is 4.78. The molecule has 6 nitrogen and oxygen atoms in total. The van der Waals surface area contributed by atoms with Crippen LogP contribution >= 0.6 is 0 Å². The van der Waals surface area contributed by atoms with Gasteiger partial charge >= 0.3 is 6.09 Å². The molecular formula is C16H26N4O2. The van der Waals surface area contributed by atoms with Crippen LogP contribution in [0.25, 0.3) is 0 Å². The highest BCUT2D eigenvalue weighted by molar-refractivity contribution is 5.68. The van der Waals surface area contributed by atoms with Crippen LogP contribution < -0.4 is 11.1 Å². The summed E-state index contributed by atoms with van der Waals surface area (Å²) in [7, 11) is 0. The summed E-state index contributed by atoms with van der Waals surface area (Å²) in [5.74, 6) is 0.723. The lowest BCUT2D eigenvalue weighted by Crippen LogP contribution is -2.44. The number of ether oxygens (including phenoxy) is 1. The van der Waals surface area contributed by atoms with E-state index in [0.29, 0.717) is 18.8 Å². The maximum absolute atomic E-state index is 12.0. The van der Waals surface area contributed by atoms with Gasteiger partial charge in [0.15, 0.2) is 0 Å². The summed E-state index contributed by atoms with van der Waals surface area (Å²) in [6, 6.07) is 2.18. The van der Waals surface area contributed by atoms with E-state index in [0.717, 1.165) is 24.2 Å². The Labute approximate surface area is 132 Å². The van der Waals surface area contributed by atoms with Crippen LogP contribution in [-0.4, -0.2) is 40.7 Å². The first-order valence-corrected chi connectivity index (χ1v) is 7.71. The predicted octanol–water partition coefficient (Wildman–Crippen LogP) is 2.78. The molecule has 0 atom stereocenters. The van der Waals surface area contributed by atoms with E-state index in [1.807, 2.05) is 33.8 Å². The molecule has 1 aliphatic heterocycles. The van der Waals surface area contributed by atoms with Crippen molar-refractivity contribution in [2.24, 2.45) is 0 Å². The molecule has 6 heteroatoms. The van der Waals surface area contributed by atoms with Crippen molar-refractivity contribution in [3.8, 4) is 0 Å². The molecule has 1 saturated heterocycles. The van der Waals surface area contributed by atoms with Crippen molar-refractivity contribution in [1.82, 2.24) is 9.88 Å². The van der Waals surface area contributed by atoms with Crippen molar-refractivity contribution in [3.63, 3.8) is 0 Å². The summed E-state index contributed by atoms with van der Waals surface area (Å²) in [4.78, 5) is 18.1. The van der Waals surface area contributed by atoms with Crippen LogP contribution in [0.2, 0.25) is 0 Å². The summed E-state index contributed by atoms with van der Waals surface area (Å²) < 4.78 is 5.40. The number of carbonyl (C=O) groups excluding carboxylic acids is 1. The van der Waals surface area contributed by atoms with Gasteiger partial charge in [-0.05, 0) is 52.2 Å². The summed E-state index contributed by atoms with van der Waals surface area (Å²) in [6.45, 7) is 8.96. The molecule has 1 amide bonds. The highest BCUT2D eigenvalue weighted by Gasteiger charge is 2.27. The van der Waals surface area contributed by atoms with Crippen molar-refractivity contribution in [2.45, 2.75) is 52.2 Å². The predicted molar refractivity (Wildman–Crippen MR) is 87.8 cm³/mol. The van der Waals surface area contributed by atoms with Crippen LogP contribution in [0, 0.1) is 6.92 Å². The standard InChI is InChI=1S/C16H26N4O2/c1-11-9-13(17)14(18-10-11)19-12-5-7-20(8-6-12)15(21)22-16(2,3)4/h9-10,12H,5-8,17H2,1-4H3,(H,18,19). The van der Waals surface area contributed by atoms with Crippen LogP contribution in [0.4, 0.5) is 16.3 Å². The topological polar surface area (TPSA) is 80.5 Å². The number of carbonyl (C=O) groups is 1. The first-order chi connectivity index (χ1) is 10.2. The van der Waals surface area contributed by atoms with Crippen molar-refractivity contribution in [2.75, 3.05) is 24.1 Å². The molecule has 0 radical (unpaired) electrons. The Hall–Kier alpha value is -1.98. The third kappa shape index (κ3) is 4.51. The van der Waals surface area contributed by atoms with E-state index in [2.05, 4.69) is 10.3 Å². The monoisotopic (exact) mass is 306 g/mol. The van der Waals surface area contributed by atoms with E-state index >= 15 is 0 Å². The molecule has 1 fully saturated rings. The number of aryl methyl sites for hydroxylation is 1. The molecule has 1 aliphatic rings. The number of nitrogen functional groups attached to an aromatic ring is 1. The zero-order valence-electron chi connectivity index (χ0n) is 13.8. The number of rotatable bonds is 2. The minimum atomic E-state index is -0.452. The quantitative estimate of drug-likeness (QED) is 0.878. The first kappa shape index (κ1) is 16.4. The van der Waals surface area contributed by atoms with E-state index in [1.165, 1.54) is 0 Å². The van der Waals surface area contributed by atoms with Crippen LogP contribution in [0.3, 0.4) is 0 Å². The molecule has 0 spiro atoms. The third-order valence-electron chi connectivity index (χ3n) is 3.54. The lowest BCUT2D eigenvalue weighted by Gasteiger charge is -2.34. The smallest absolute Gasteiger partial charge is 0.410 e. The molecule has 1 aromatic rings. The third-order valence-corrected chi connectivity index (χ3v) is 3.54. The van der Waals surface area contributed by atoms with Crippen molar-refractivity contribution < 1.29 is 9.53 Å². The molecule has 0 saturated carbocycles. The molecule has 22 heavy (non-hydrogen) atoms. The van der Waals surface area contributed by atoms with Gasteiger partial charge in [-0.3, -0.25) is 0 Å². The van der Waals surface area contributed by atoms with Crippen LogP contribution in [0.15, 0.2) is 12.3 Å². The fraction of sp³-hybridized carbons (Fsp3) is 0.625. The lowest BCUT2D eigenvalue weighted by atomic mass is 10.1. The largest absolute Gasteiger partial charge is 0.444 e. The lowest BCUT2D eigenvalue weighted by molar-refractivity contribution is 0.0210. The maximum atomic E-state index is 12.0. The van der Waals surface area contributed by atoms with Crippen LogP contribution in [0.1, 0.15) is 39.2 Å². The SMILES string of the molecule is Cc1cnc(NC2CCN(C(=O)OC(C)(C)C)CC2)c(N)c1. The van der Waals surface area contributed by atoms with E-state index in [9.17, 15) is 4.79 Å². The van der Waals surface area contributed by atoms with Gasteiger partial charge < -0.3 is 20.7 Å². The average molecular weight is 306 g/mol. The summed E-state index contributed by atoms with van der Waals surface area (Å²) in [5.41, 5.74) is 7.23. The molecule has 1 aromatic heterocycles. The second-order valence-electron chi connectivity index (χ2n) is 6.84. The number of aromatic nitrogens is 1.